The van der Waals surface area contributed by atoms with Crippen LogP contribution in [0, 0.1) is 5.41 Å². The monoisotopic (exact) mass is 226 g/mol. The molecule has 0 heterocycles. The topological polar surface area (TPSA) is 57.5 Å². The first-order chi connectivity index (χ1) is 7.19. The lowest BCUT2D eigenvalue weighted by Gasteiger charge is -2.46. The fourth-order valence-electron chi connectivity index (χ4n) is 2.48. The molecule has 2 unspecified atom stereocenters. The van der Waals surface area contributed by atoms with Gasteiger partial charge in [-0.05, 0) is 38.3 Å². The van der Waals surface area contributed by atoms with Crippen LogP contribution in [0.25, 0.3) is 0 Å². The maximum absolute atomic E-state index is 11.5. The van der Waals surface area contributed by atoms with E-state index in [-0.39, 0.29) is 5.78 Å². The lowest BCUT2D eigenvalue weighted by molar-refractivity contribution is -0.125. The summed E-state index contributed by atoms with van der Waals surface area (Å²) in [4.78, 5) is 11.5. The van der Waals surface area contributed by atoms with Gasteiger partial charge in [0.05, 0.1) is 11.7 Å². The molecule has 3 nitrogen and oxygen atoms in total. The van der Waals surface area contributed by atoms with E-state index in [1.54, 1.807) is 13.8 Å². The molecular formula is C13H22O3. The third-order valence-electron chi connectivity index (χ3n) is 3.69. The Labute approximate surface area is 97.2 Å². The summed E-state index contributed by atoms with van der Waals surface area (Å²) in [6, 6.07) is 0. The summed E-state index contributed by atoms with van der Waals surface area (Å²) in [5.74, 6) is 0.0734. The molecule has 16 heavy (non-hydrogen) atoms. The Morgan fingerprint density at radius 3 is 2.50 bits per heavy atom. The number of aliphatic hydroxyl groups is 2. The largest absolute Gasteiger partial charge is 0.393 e. The smallest absolute Gasteiger partial charge is 0.156 e. The van der Waals surface area contributed by atoms with E-state index in [2.05, 4.69) is 0 Å². The van der Waals surface area contributed by atoms with Gasteiger partial charge in [-0.1, -0.05) is 13.8 Å². The molecule has 1 rings (SSSR count). The molecule has 0 saturated heterocycles. The van der Waals surface area contributed by atoms with E-state index in [9.17, 15) is 15.0 Å². The van der Waals surface area contributed by atoms with Gasteiger partial charge in [-0.2, -0.15) is 0 Å². The summed E-state index contributed by atoms with van der Waals surface area (Å²) in [6.07, 6.45) is 2.51. The van der Waals surface area contributed by atoms with Gasteiger partial charge in [0.25, 0.3) is 0 Å². The minimum atomic E-state index is -0.974. The van der Waals surface area contributed by atoms with Gasteiger partial charge in [-0.25, -0.2) is 0 Å². The van der Waals surface area contributed by atoms with Crippen LogP contribution in [0.5, 0.6) is 0 Å². The summed E-state index contributed by atoms with van der Waals surface area (Å²) < 4.78 is 0. The molecule has 0 aromatic carbocycles. The van der Waals surface area contributed by atoms with Gasteiger partial charge in [0, 0.05) is 11.8 Å². The van der Waals surface area contributed by atoms with Crippen LogP contribution >= 0.6 is 0 Å². The first-order valence-corrected chi connectivity index (χ1v) is 5.81. The summed E-state index contributed by atoms with van der Waals surface area (Å²) >= 11 is 0. The van der Waals surface area contributed by atoms with E-state index < -0.39 is 17.1 Å². The third-order valence-corrected chi connectivity index (χ3v) is 3.69. The summed E-state index contributed by atoms with van der Waals surface area (Å²) in [6.45, 7) is 7.32. The van der Waals surface area contributed by atoms with Crippen LogP contribution in [0.4, 0.5) is 0 Å². The Kier molecular flexibility index (Phi) is 3.60. The van der Waals surface area contributed by atoms with Crippen molar-refractivity contribution in [2.75, 3.05) is 0 Å². The van der Waals surface area contributed by atoms with Crippen molar-refractivity contribution in [3.8, 4) is 0 Å². The predicted molar refractivity (Wildman–Crippen MR) is 63.0 cm³/mol. The van der Waals surface area contributed by atoms with Crippen molar-refractivity contribution >= 4 is 5.78 Å². The lowest BCUT2D eigenvalue weighted by Crippen LogP contribution is -2.49. The highest BCUT2D eigenvalue weighted by Gasteiger charge is 2.47. The zero-order valence-electron chi connectivity index (χ0n) is 10.6. The van der Waals surface area contributed by atoms with E-state index in [0.717, 1.165) is 5.57 Å². The molecule has 0 aliphatic heterocycles. The van der Waals surface area contributed by atoms with Crippen molar-refractivity contribution in [1.82, 2.24) is 0 Å². The summed E-state index contributed by atoms with van der Waals surface area (Å²) in [5, 5.41) is 20.0. The van der Waals surface area contributed by atoms with Gasteiger partial charge < -0.3 is 10.2 Å². The highest BCUT2D eigenvalue weighted by atomic mass is 16.3. The van der Waals surface area contributed by atoms with Crippen LogP contribution in [0.2, 0.25) is 0 Å². The van der Waals surface area contributed by atoms with Crippen molar-refractivity contribution in [3.05, 3.63) is 11.6 Å². The molecule has 0 aromatic rings. The van der Waals surface area contributed by atoms with Gasteiger partial charge >= 0.3 is 0 Å². The maximum atomic E-state index is 11.5. The Morgan fingerprint density at radius 2 is 2.06 bits per heavy atom. The highest BCUT2D eigenvalue weighted by Crippen LogP contribution is 2.45. The number of carbonyl (C=O) groups excluding carboxylic acids is 1. The number of carbonyl (C=O) groups is 1. The zero-order valence-corrected chi connectivity index (χ0v) is 10.6. The minimum absolute atomic E-state index is 0.0734. The molecule has 0 bridgehead atoms. The van der Waals surface area contributed by atoms with E-state index in [1.807, 2.05) is 13.8 Å². The van der Waals surface area contributed by atoms with E-state index in [4.69, 9.17) is 0 Å². The third kappa shape index (κ3) is 2.36. The summed E-state index contributed by atoms with van der Waals surface area (Å²) in [5.41, 5.74) is -0.718. The number of hydrogen-bond donors (Lipinski definition) is 2. The predicted octanol–water partition coefficient (Wildman–Crippen LogP) is 1.82. The molecule has 0 fully saturated rings. The average Bonchev–Trinajstić information content (AvgIpc) is 2.10. The fourth-order valence-corrected chi connectivity index (χ4v) is 2.48. The van der Waals surface area contributed by atoms with Crippen LogP contribution in [0.15, 0.2) is 11.6 Å². The minimum Gasteiger partial charge on any atom is -0.393 e. The standard InChI is InChI=1S/C13H22O3/c1-9-7-11(15)8-12(3,4)13(9,16)6-5-10(2)14/h7,10,14,16H,5-6,8H2,1-4H3. The number of aliphatic hydroxyl groups excluding tert-OH is 1. The van der Waals surface area contributed by atoms with Gasteiger partial charge in [0.2, 0.25) is 0 Å². The number of rotatable bonds is 3. The molecule has 2 atom stereocenters. The normalized spacial score (nSPS) is 31.1. The van der Waals surface area contributed by atoms with Gasteiger partial charge in [-0.3, -0.25) is 4.79 Å². The SMILES string of the molecule is CC1=CC(=O)CC(C)(C)C1(O)CCC(C)O. The van der Waals surface area contributed by atoms with Gasteiger partial charge in [0.15, 0.2) is 5.78 Å². The van der Waals surface area contributed by atoms with Crippen LogP contribution < -0.4 is 0 Å². The molecule has 0 aromatic heterocycles. The second kappa shape index (κ2) is 4.30. The quantitative estimate of drug-likeness (QED) is 0.771. The van der Waals surface area contributed by atoms with Gasteiger partial charge in [-0.15, -0.1) is 0 Å². The van der Waals surface area contributed by atoms with Crippen LogP contribution in [-0.2, 0) is 4.79 Å². The first-order valence-electron chi connectivity index (χ1n) is 5.81. The Bertz CT molecular complexity index is 315. The molecule has 3 heteroatoms. The molecule has 0 amide bonds. The van der Waals surface area contributed by atoms with Crippen LogP contribution in [0.3, 0.4) is 0 Å². The van der Waals surface area contributed by atoms with Crippen LogP contribution in [-0.4, -0.2) is 27.7 Å². The van der Waals surface area contributed by atoms with E-state index in [0.29, 0.717) is 19.3 Å². The Morgan fingerprint density at radius 1 is 1.50 bits per heavy atom. The van der Waals surface area contributed by atoms with Crippen molar-refractivity contribution in [1.29, 1.82) is 0 Å². The second-order valence-electron chi connectivity index (χ2n) is 5.60. The van der Waals surface area contributed by atoms with Gasteiger partial charge in [0.1, 0.15) is 0 Å². The Hall–Kier alpha value is -0.670. The van der Waals surface area contributed by atoms with Crippen molar-refractivity contribution < 1.29 is 15.0 Å². The summed E-state index contributed by atoms with van der Waals surface area (Å²) in [7, 11) is 0. The van der Waals surface area contributed by atoms with Crippen molar-refractivity contribution in [2.24, 2.45) is 5.41 Å². The zero-order chi connectivity index (χ0) is 12.6. The van der Waals surface area contributed by atoms with E-state index in [1.165, 1.54) is 6.08 Å². The molecule has 92 valence electrons. The lowest BCUT2D eigenvalue weighted by atomic mass is 9.63. The van der Waals surface area contributed by atoms with Crippen LogP contribution in [0.1, 0.15) is 47.0 Å². The van der Waals surface area contributed by atoms with E-state index >= 15 is 0 Å². The number of hydrogen-bond acceptors (Lipinski definition) is 3. The van der Waals surface area contributed by atoms with Crippen molar-refractivity contribution in [2.45, 2.75) is 58.7 Å². The highest BCUT2D eigenvalue weighted by molar-refractivity contribution is 5.92. The molecular weight excluding hydrogens is 204 g/mol. The molecule has 2 N–H and O–H groups in total. The molecule has 1 aliphatic carbocycles. The average molecular weight is 226 g/mol. The molecule has 0 saturated carbocycles. The molecule has 1 aliphatic rings. The number of ketones is 1. The fraction of sp³-hybridized carbons (Fsp3) is 0.769. The number of allylic oxidation sites excluding steroid dienone is 1. The van der Waals surface area contributed by atoms with Crippen molar-refractivity contribution in [3.63, 3.8) is 0 Å². The maximum Gasteiger partial charge on any atom is 0.156 e. The second-order valence-corrected chi connectivity index (χ2v) is 5.60. The molecule has 0 spiro atoms. The molecule has 0 radical (unpaired) electrons. The first kappa shape index (κ1) is 13.4. The Balaban J connectivity index is 2.97.